The largest absolute Gasteiger partial charge is 0.488 e. The van der Waals surface area contributed by atoms with Crippen LogP contribution in [0.1, 0.15) is 12.5 Å². The first-order valence-corrected chi connectivity index (χ1v) is 10.0. The van der Waals surface area contributed by atoms with Crippen LogP contribution in [0, 0.1) is 29.1 Å². The summed E-state index contributed by atoms with van der Waals surface area (Å²) >= 11 is 6.64. The molecule has 0 N–H and O–H groups in total. The molecule has 2 aromatic carbocycles. The van der Waals surface area contributed by atoms with Crippen LogP contribution in [0.15, 0.2) is 44.4 Å². The normalized spacial score (nSPS) is 15.0. The fourth-order valence-electron chi connectivity index (χ4n) is 2.75. The van der Waals surface area contributed by atoms with E-state index in [1.165, 1.54) is 19.1 Å². The van der Waals surface area contributed by atoms with Gasteiger partial charge in [-0.2, -0.15) is 10.1 Å². The summed E-state index contributed by atoms with van der Waals surface area (Å²) in [5, 5.41) is 3.85. The average Bonchev–Trinajstić information content (AvgIpc) is 2.98. The Morgan fingerprint density at radius 2 is 1.65 bits per heavy atom. The summed E-state index contributed by atoms with van der Waals surface area (Å²) in [5.74, 6) is -11.8. The molecule has 0 unspecified atom stereocenters. The second-order valence-corrected chi connectivity index (χ2v) is 7.95. The quantitative estimate of drug-likeness (QED) is 0.141. The zero-order valence-corrected chi connectivity index (χ0v) is 18.8. The standard InChI is InChI=1S/C20H11Br2F5N2O2/c1-3-4-31-19-9(5-10(21)7-12(19)22)6-11-8(2)28-29(20(11)30)18-16(26)14(24)13(23)15(25)17(18)27/h3,5-7H,1,4H2,2H3/b11-6-. The van der Waals surface area contributed by atoms with E-state index in [0.717, 1.165) is 0 Å². The Morgan fingerprint density at radius 3 is 2.23 bits per heavy atom. The molecule has 1 aliphatic heterocycles. The maximum Gasteiger partial charge on any atom is 0.280 e. The maximum absolute atomic E-state index is 14.2. The van der Waals surface area contributed by atoms with Gasteiger partial charge in [-0.3, -0.25) is 4.79 Å². The Hall–Kier alpha value is -2.53. The van der Waals surface area contributed by atoms with Crippen molar-refractivity contribution in [2.75, 3.05) is 11.6 Å². The Balaban J connectivity index is 2.12. The number of benzene rings is 2. The molecule has 0 atom stereocenters. The minimum absolute atomic E-state index is 0.000269. The van der Waals surface area contributed by atoms with E-state index in [2.05, 4.69) is 43.5 Å². The summed E-state index contributed by atoms with van der Waals surface area (Å²) < 4.78 is 75.6. The highest BCUT2D eigenvalue weighted by molar-refractivity contribution is 9.11. The number of hydrazone groups is 1. The molecular formula is C20H11Br2F5N2O2. The highest BCUT2D eigenvalue weighted by atomic mass is 79.9. The van der Waals surface area contributed by atoms with Crippen molar-refractivity contribution in [3.63, 3.8) is 0 Å². The lowest BCUT2D eigenvalue weighted by molar-refractivity contribution is -0.114. The second-order valence-electron chi connectivity index (χ2n) is 6.18. The van der Waals surface area contributed by atoms with Gasteiger partial charge in [0.05, 0.1) is 15.8 Å². The van der Waals surface area contributed by atoms with Gasteiger partial charge in [0.2, 0.25) is 5.82 Å². The van der Waals surface area contributed by atoms with Crippen molar-refractivity contribution in [1.29, 1.82) is 0 Å². The van der Waals surface area contributed by atoms with Crippen LogP contribution in [0.4, 0.5) is 27.6 Å². The highest BCUT2D eigenvalue weighted by Gasteiger charge is 2.37. The summed E-state index contributed by atoms with van der Waals surface area (Å²) in [5.41, 5.74) is -1.19. The third-order valence-corrected chi connectivity index (χ3v) is 5.19. The van der Waals surface area contributed by atoms with Gasteiger partial charge in [-0.25, -0.2) is 22.0 Å². The first-order chi connectivity index (χ1) is 14.6. The average molecular weight is 566 g/mol. The van der Waals surface area contributed by atoms with Crippen molar-refractivity contribution in [3.8, 4) is 5.75 Å². The zero-order valence-electron chi connectivity index (χ0n) is 15.6. The number of hydrogen-bond donors (Lipinski definition) is 0. The molecule has 1 amide bonds. The lowest BCUT2D eigenvalue weighted by atomic mass is 10.1. The van der Waals surface area contributed by atoms with E-state index in [0.29, 0.717) is 20.3 Å². The minimum Gasteiger partial charge on any atom is -0.488 e. The van der Waals surface area contributed by atoms with Crippen LogP contribution in [-0.2, 0) is 4.79 Å². The summed E-state index contributed by atoms with van der Waals surface area (Å²) in [6.45, 7) is 5.06. The van der Waals surface area contributed by atoms with Crippen LogP contribution in [0.25, 0.3) is 6.08 Å². The van der Waals surface area contributed by atoms with Gasteiger partial charge in [-0.1, -0.05) is 28.6 Å². The van der Waals surface area contributed by atoms with Gasteiger partial charge >= 0.3 is 0 Å². The zero-order chi connectivity index (χ0) is 23.0. The molecule has 0 aliphatic carbocycles. The van der Waals surface area contributed by atoms with Gasteiger partial charge < -0.3 is 4.74 Å². The number of carbonyl (C=O) groups excluding carboxylic acids is 1. The van der Waals surface area contributed by atoms with Crippen LogP contribution < -0.4 is 9.75 Å². The molecule has 11 heteroatoms. The monoisotopic (exact) mass is 564 g/mol. The number of rotatable bonds is 5. The third kappa shape index (κ3) is 4.16. The number of anilines is 1. The number of carbonyl (C=O) groups is 1. The van der Waals surface area contributed by atoms with E-state index in [9.17, 15) is 26.7 Å². The molecule has 0 saturated heterocycles. The maximum atomic E-state index is 14.2. The number of nitrogens with zero attached hydrogens (tertiary/aromatic N) is 2. The molecule has 4 nitrogen and oxygen atoms in total. The molecule has 1 aliphatic rings. The molecule has 0 bridgehead atoms. The van der Waals surface area contributed by atoms with Gasteiger partial charge in [0.15, 0.2) is 23.3 Å². The molecular weight excluding hydrogens is 555 g/mol. The Kier molecular flexibility index (Phi) is 6.65. The molecule has 0 spiro atoms. The highest BCUT2D eigenvalue weighted by Crippen LogP contribution is 2.37. The molecule has 0 aromatic heterocycles. The van der Waals surface area contributed by atoms with E-state index in [4.69, 9.17) is 4.74 Å². The molecule has 0 saturated carbocycles. The molecule has 3 rings (SSSR count). The number of halogens is 7. The first-order valence-electron chi connectivity index (χ1n) is 8.44. The lowest BCUT2D eigenvalue weighted by Crippen LogP contribution is -2.25. The summed E-state index contributed by atoms with van der Waals surface area (Å²) in [7, 11) is 0. The molecule has 0 fully saturated rings. The predicted molar refractivity (Wildman–Crippen MR) is 112 cm³/mol. The van der Waals surface area contributed by atoms with Crippen LogP contribution >= 0.6 is 31.9 Å². The van der Waals surface area contributed by atoms with Crippen LogP contribution in [0.3, 0.4) is 0 Å². The van der Waals surface area contributed by atoms with Gasteiger partial charge in [0.25, 0.3) is 5.91 Å². The fraction of sp³-hybridized carbons (Fsp3) is 0.100. The fourth-order valence-corrected chi connectivity index (χ4v) is 4.13. The van der Waals surface area contributed by atoms with Crippen LogP contribution in [0.2, 0.25) is 0 Å². The predicted octanol–water partition coefficient (Wildman–Crippen LogP) is 6.28. The SMILES string of the molecule is C=CCOc1c(Br)cc(Br)cc1/C=C1\C(=O)N(c2c(F)c(F)c(F)c(F)c2F)N=C1C. The van der Waals surface area contributed by atoms with Crippen molar-refractivity contribution in [3.05, 3.63) is 74.0 Å². The van der Waals surface area contributed by atoms with E-state index in [1.807, 2.05) is 0 Å². The van der Waals surface area contributed by atoms with Crippen molar-refractivity contribution in [1.82, 2.24) is 0 Å². The van der Waals surface area contributed by atoms with E-state index in [-0.39, 0.29) is 22.9 Å². The van der Waals surface area contributed by atoms with Crippen molar-refractivity contribution in [2.24, 2.45) is 5.10 Å². The van der Waals surface area contributed by atoms with Crippen LogP contribution in [-0.4, -0.2) is 18.2 Å². The smallest absolute Gasteiger partial charge is 0.280 e. The summed E-state index contributed by atoms with van der Waals surface area (Å²) in [4.78, 5) is 12.8. The minimum atomic E-state index is -2.33. The van der Waals surface area contributed by atoms with Crippen LogP contribution in [0.5, 0.6) is 5.75 Å². The van der Waals surface area contributed by atoms with Gasteiger partial charge in [-0.15, -0.1) is 0 Å². The first kappa shape index (κ1) is 23.1. The lowest BCUT2D eigenvalue weighted by Gasteiger charge is -2.15. The Morgan fingerprint density at radius 1 is 1.06 bits per heavy atom. The van der Waals surface area contributed by atoms with Gasteiger partial charge in [0, 0.05) is 10.0 Å². The van der Waals surface area contributed by atoms with Gasteiger partial charge in [0.1, 0.15) is 18.0 Å². The molecule has 2 aromatic rings. The molecule has 1 heterocycles. The summed E-state index contributed by atoms with van der Waals surface area (Å²) in [6.07, 6.45) is 2.84. The molecule has 0 radical (unpaired) electrons. The topological polar surface area (TPSA) is 41.9 Å². The third-order valence-electron chi connectivity index (χ3n) is 4.14. The second kappa shape index (κ2) is 8.91. The molecule has 162 valence electrons. The summed E-state index contributed by atoms with van der Waals surface area (Å²) in [6, 6.07) is 3.30. The van der Waals surface area contributed by atoms with Crippen molar-refractivity contribution in [2.45, 2.75) is 6.92 Å². The van der Waals surface area contributed by atoms with E-state index < -0.39 is 40.7 Å². The Labute approximate surface area is 189 Å². The number of hydrogen-bond acceptors (Lipinski definition) is 3. The van der Waals surface area contributed by atoms with E-state index >= 15 is 0 Å². The number of amides is 1. The van der Waals surface area contributed by atoms with Crippen molar-refractivity contribution >= 4 is 55.2 Å². The molecule has 31 heavy (non-hydrogen) atoms. The Bertz CT molecular complexity index is 1150. The van der Waals surface area contributed by atoms with E-state index in [1.54, 1.807) is 12.1 Å². The van der Waals surface area contributed by atoms with Crippen molar-refractivity contribution < 1.29 is 31.5 Å². The number of ether oxygens (including phenoxy) is 1. The van der Waals surface area contributed by atoms with Gasteiger partial charge in [-0.05, 0) is 41.1 Å².